The van der Waals surface area contributed by atoms with Crippen molar-refractivity contribution in [1.82, 2.24) is 15.1 Å². The minimum Gasteiger partial charge on any atom is -0.381 e. The second kappa shape index (κ2) is 7.74. The summed E-state index contributed by atoms with van der Waals surface area (Å²) in [5.41, 5.74) is 0.434. The Morgan fingerprint density at radius 2 is 2.00 bits per heavy atom. The lowest BCUT2D eigenvalue weighted by Gasteiger charge is -2.45. The Labute approximate surface area is 124 Å². The standard InChI is InChI=1S/C16H33N3O/c1-4-7-17-13-16(5-10-20-11-6-16)14-19-9-8-18(3)15(2)12-19/h15,17H,4-14H2,1-3H3. The van der Waals surface area contributed by atoms with E-state index >= 15 is 0 Å². The monoisotopic (exact) mass is 283 g/mol. The van der Waals surface area contributed by atoms with Crippen LogP contribution < -0.4 is 5.32 Å². The normalized spacial score (nSPS) is 28.6. The SMILES string of the molecule is CCCNCC1(CN2CCN(C)C(C)C2)CCOCC1. The van der Waals surface area contributed by atoms with Crippen LogP contribution >= 0.6 is 0 Å². The van der Waals surface area contributed by atoms with Gasteiger partial charge in [-0.1, -0.05) is 6.92 Å². The second-order valence-electron chi connectivity index (χ2n) is 6.85. The first kappa shape index (κ1) is 16.2. The first-order valence-electron chi connectivity index (χ1n) is 8.36. The molecular formula is C16H33N3O. The molecule has 2 rings (SSSR count). The number of likely N-dealkylation sites (N-methyl/N-ethyl adjacent to an activating group) is 1. The van der Waals surface area contributed by atoms with Crippen LogP contribution in [0.1, 0.15) is 33.1 Å². The van der Waals surface area contributed by atoms with E-state index in [0.717, 1.165) is 26.3 Å². The predicted octanol–water partition coefficient (Wildman–Crippen LogP) is 1.42. The van der Waals surface area contributed by atoms with Crippen LogP contribution in [-0.4, -0.2) is 75.4 Å². The smallest absolute Gasteiger partial charge is 0.0472 e. The van der Waals surface area contributed by atoms with Crippen molar-refractivity contribution >= 4 is 0 Å². The molecule has 0 spiro atoms. The number of rotatable bonds is 6. The summed E-state index contributed by atoms with van der Waals surface area (Å²) in [4.78, 5) is 5.16. The third kappa shape index (κ3) is 4.42. The minimum absolute atomic E-state index is 0.434. The van der Waals surface area contributed by atoms with Gasteiger partial charge in [0.15, 0.2) is 0 Å². The van der Waals surface area contributed by atoms with Crippen LogP contribution in [0.25, 0.3) is 0 Å². The molecule has 0 aliphatic carbocycles. The van der Waals surface area contributed by atoms with Gasteiger partial charge in [0.25, 0.3) is 0 Å². The molecule has 2 saturated heterocycles. The Hall–Kier alpha value is -0.160. The lowest BCUT2D eigenvalue weighted by atomic mass is 9.79. The Morgan fingerprint density at radius 3 is 2.65 bits per heavy atom. The molecule has 0 amide bonds. The topological polar surface area (TPSA) is 27.7 Å². The molecule has 0 saturated carbocycles. The quantitative estimate of drug-likeness (QED) is 0.746. The molecule has 0 aromatic heterocycles. The maximum Gasteiger partial charge on any atom is 0.0472 e. The van der Waals surface area contributed by atoms with Crippen LogP contribution in [0, 0.1) is 5.41 Å². The van der Waals surface area contributed by atoms with Crippen molar-refractivity contribution in [2.45, 2.75) is 39.2 Å². The van der Waals surface area contributed by atoms with Gasteiger partial charge in [-0.2, -0.15) is 0 Å². The predicted molar refractivity (Wildman–Crippen MR) is 84.2 cm³/mol. The molecule has 4 heteroatoms. The van der Waals surface area contributed by atoms with E-state index < -0.39 is 0 Å². The van der Waals surface area contributed by atoms with Crippen LogP contribution in [-0.2, 0) is 4.74 Å². The summed E-state index contributed by atoms with van der Waals surface area (Å²) in [6, 6.07) is 0.684. The fourth-order valence-corrected chi connectivity index (χ4v) is 3.47. The number of nitrogens with zero attached hydrogens (tertiary/aromatic N) is 2. The van der Waals surface area contributed by atoms with Crippen LogP contribution in [0.4, 0.5) is 0 Å². The summed E-state index contributed by atoms with van der Waals surface area (Å²) in [5, 5.41) is 3.66. The molecule has 2 aliphatic rings. The molecule has 0 aromatic carbocycles. The van der Waals surface area contributed by atoms with Crippen molar-refractivity contribution in [1.29, 1.82) is 0 Å². The molecule has 1 unspecified atom stereocenters. The maximum absolute atomic E-state index is 5.60. The summed E-state index contributed by atoms with van der Waals surface area (Å²) in [5.74, 6) is 0. The maximum atomic E-state index is 5.60. The van der Waals surface area contributed by atoms with Gasteiger partial charge in [0.2, 0.25) is 0 Å². The van der Waals surface area contributed by atoms with Crippen molar-refractivity contribution < 1.29 is 4.74 Å². The van der Waals surface area contributed by atoms with Gasteiger partial charge < -0.3 is 15.0 Å². The van der Waals surface area contributed by atoms with Gasteiger partial charge in [-0.15, -0.1) is 0 Å². The minimum atomic E-state index is 0.434. The van der Waals surface area contributed by atoms with Crippen LogP contribution in [0.5, 0.6) is 0 Å². The average Bonchev–Trinajstić information content (AvgIpc) is 2.44. The summed E-state index contributed by atoms with van der Waals surface area (Å²) in [6.07, 6.45) is 3.65. The number of hydrogen-bond acceptors (Lipinski definition) is 4. The Bertz CT molecular complexity index is 279. The van der Waals surface area contributed by atoms with Gasteiger partial charge in [0.1, 0.15) is 0 Å². The van der Waals surface area contributed by atoms with Crippen LogP contribution in [0.2, 0.25) is 0 Å². The van der Waals surface area contributed by atoms with E-state index in [1.54, 1.807) is 0 Å². The Balaban J connectivity index is 1.89. The fourth-order valence-electron chi connectivity index (χ4n) is 3.47. The number of nitrogens with one attached hydrogen (secondary N) is 1. The van der Waals surface area contributed by atoms with Gasteiger partial charge >= 0.3 is 0 Å². The van der Waals surface area contributed by atoms with Gasteiger partial charge in [-0.25, -0.2) is 0 Å². The molecule has 1 N–H and O–H groups in total. The highest BCUT2D eigenvalue weighted by Crippen LogP contribution is 2.31. The molecule has 0 bridgehead atoms. The summed E-state index contributed by atoms with van der Waals surface area (Å²) < 4.78 is 5.60. The number of piperazine rings is 1. The zero-order valence-corrected chi connectivity index (χ0v) is 13.7. The average molecular weight is 283 g/mol. The largest absolute Gasteiger partial charge is 0.381 e. The van der Waals surface area contributed by atoms with E-state index in [-0.39, 0.29) is 0 Å². The van der Waals surface area contributed by atoms with Crippen LogP contribution in [0.3, 0.4) is 0 Å². The van der Waals surface area contributed by atoms with Gasteiger partial charge in [0, 0.05) is 52.0 Å². The molecule has 118 valence electrons. The van der Waals surface area contributed by atoms with Crippen molar-refractivity contribution in [3.63, 3.8) is 0 Å². The molecule has 2 aliphatic heterocycles. The number of ether oxygens (including phenoxy) is 1. The zero-order chi connectivity index (χ0) is 14.4. The van der Waals surface area contributed by atoms with Gasteiger partial charge in [-0.3, -0.25) is 4.90 Å². The van der Waals surface area contributed by atoms with Crippen molar-refractivity contribution in [3.8, 4) is 0 Å². The third-order valence-corrected chi connectivity index (χ3v) is 5.08. The third-order valence-electron chi connectivity index (χ3n) is 5.08. The lowest BCUT2D eigenvalue weighted by molar-refractivity contribution is -0.0164. The van der Waals surface area contributed by atoms with Gasteiger partial charge in [-0.05, 0) is 45.2 Å². The van der Waals surface area contributed by atoms with E-state index in [2.05, 4.69) is 36.0 Å². The lowest BCUT2D eigenvalue weighted by Crippen LogP contribution is -2.55. The molecule has 20 heavy (non-hydrogen) atoms. The Morgan fingerprint density at radius 1 is 1.25 bits per heavy atom. The highest BCUT2D eigenvalue weighted by Gasteiger charge is 2.35. The Kier molecular flexibility index (Phi) is 6.27. The summed E-state index contributed by atoms with van der Waals surface area (Å²) in [7, 11) is 2.25. The van der Waals surface area contributed by atoms with Crippen LogP contribution in [0.15, 0.2) is 0 Å². The van der Waals surface area contributed by atoms with Gasteiger partial charge in [0.05, 0.1) is 0 Å². The fraction of sp³-hybridized carbons (Fsp3) is 1.00. The number of hydrogen-bond donors (Lipinski definition) is 1. The molecule has 2 fully saturated rings. The molecule has 0 aromatic rings. The van der Waals surface area contributed by atoms with Crippen molar-refractivity contribution in [2.24, 2.45) is 5.41 Å². The second-order valence-corrected chi connectivity index (χ2v) is 6.85. The highest BCUT2D eigenvalue weighted by atomic mass is 16.5. The van der Waals surface area contributed by atoms with Crippen molar-refractivity contribution in [2.75, 3.05) is 59.5 Å². The van der Waals surface area contributed by atoms with E-state index in [0.29, 0.717) is 11.5 Å². The first-order chi connectivity index (χ1) is 9.65. The van der Waals surface area contributed by atoms with E-state index in [9.17, 15) is 0 Å². The molecule has 1 atom stereocenters. The molecule has 0 radical (unpaired) electrons. The summed E-state index contributed by atoms with van der Waals surface area (Å²) in [6.45, 7) is 13.6. The summed E-state index contributed by atoms with van der Waals surface area (Å²) >= 11 is 0. The molecule has 2 heterocycles. The van der Waals surface area contributed by atoms with E-state index in [1.165, 1.54) is 45.4 Å². The van der Waals surface area contributed by atoms with E-state index in [4.69, 9.17) is 4.74 Å². The molecular weight excluding hydrogens is 250 g/mol. The first-order valence-corrected chi connectivity index (χ1v) is 8.36. The van der Waals surface area contributed by atoms with Crippen molar-refractivity contribution in [3.05, 3.63) is 0 Å². The molecule has 4 nitrogen and oxygen atoms in total. The zero-order valence-electron chi connectivity index (χ0n) is 13.7. The van der Waals surface area contributed by atoms with E-state index in [1.807, 2.05) is 0 Å². The highest BCUT2D eigenvalue weighted by molar-refractivity contribution is 4.89.